The van der Waals surface area contributed by atoms with Gasteiger partial charge in [0.15, 0.2) is 0 Å². The number of halogens is 1. The van der Waals surface area contributed by atoms with Crippen LogP contribution in [-0.4, -0.2) is 9.97 Å². The molecule has 0 saturated carbocycles. The number of rotatable bonds is 2. The van der Waals surface area contributed by atoms with E-state index >= 15 is 0 Å². The number of hydrogen-bond acceptors (Lipinski definition) is 1. The Morgan fingerprint density at radius 3 is 2.69 bits per heavy atom. The zero-order valence-electron chi connectivity index (χ0n) is 6.92. The third kappa shape index (κ3) is 1.93. The van der Waals surface area contributed by atoms with Crippen LogP contribution in [0.4, 0.5) is 4.39 Å². The first-order valence-electron chi connectivity index (χ1n) is 3.99. The van der Waals surface area contributed by atoms with Crippen LogP contribution in [0, 0.1) is 12.0 Å². The molecule has 0 spiro atoms. The van der Waals surface area contributed by atoms with Gasteiger partial charge in [0.2, 0.25) is 0 Å². The summed E-state index contributed by atoms with van der Waals surface area (Å²) >= 11 is 0. The van der Waals surface area contributed by atoms with Crippen molar-refractivity contribution >= 4 is 0 Å². The third-order valence-electron chi connectivity index (χ3n) is 1.79. The summed E-state index contributed by atoms with van der Waals surface area (Å²) in [5.41, 5.74) is 1.03. The number of hydrogen-bond donors (Lipinski definition) is 1. The summed E-state index contributed by atoms with van der Waals surface area (Å²) in [4.78, 5) is 6.90. The van der Waals surface area contributed by atoms with Gasteiger partial charge in [-0.1, -0.05) is 12.1 Å². The van der Waals surface area contributed by atoms with Gasteiger partial charge in [0.1, 0.15) is 17.8 Å². The van der Waals surface area contributed by atoms with E-state index < -0.39 is 0 Å². The number of nitrogens with zero attached hydrogens (tertiary/aromatic N) is 1. The van der Waals surface area contributed by atoms with Gasteiger partial charge in [-0.2, -0.15) is 0 Å². The van der Waals surface area contributed by atoms with E-state index in [0.29, 0.717) is 6.42 Å². The van der Waals surface area contributed by atoms with E-state index in [-0.39, 0.29) is 5.82 Å². The molecular weight excluding hydrogens is 167 g/mol. The standard InChI is InChI=1S/C10H8FN2/c11-9-3-1-8(2-4-9)7-10-12-5-6-13-10/h1-5H,7H2,(H,12,13). The van der Waals surface area contributed by atoms with Gasteiger partial charge in [0.05, 0.1) is 0 Å². The Bertz CT molecular complexity index is 364. The van der Waals surface area contributed by atoms with Crippen molar-refractivity contribution in [3.8, 4) is 0 Å². The average molecular weight is 175 g/mol. The molecule has 13 heavy (non-hydrogen) atoms. The molecule has 0 fully saturated rings. The Balaban J connectivity index is 2.15. The summed E-state index contributed by atoms with van der Waals surface area (Å²) in [6.07, 6.45) is 5.02. The molecule has 0 atom stereocenters. The molecule has 0 amide bonds. The van der Waals surface area contributed by atoms with Crippen molar-refractivity contribution in [2.75, 3.05) is 0 Å². The van der Waals surface area contributed by atoms with Crippen LogP contribution >= 0.6 is 0 Å². The quantitative estimate of drug-likeness (QED) is 0.742. The average Bonchev–Trinajstić information content (AvgIpc) is 2.62. The SMILES string of the molecule is Fc1ccc(Cc2n[c]c[nH]2)cc1. The van der Waals surface area contributed by atoms with E-state index in [4.69, 9.17) is 0 Å². The number of aromatic amines is 1. The van der Waals surface area contributed by atoms with E-state index in [1.54, 1.807) is 18.3 Å². The van der Waals surface area contributed by atoms with E-state index in [2.05, 4.69) is 16.2 Å². The highest BCUT2D eigenvalue weighted by atomic mass is 19.1. The lowest BCUT2D eigenvalue weighted by Crippen LogP contribution is -1.90. The molecular formula is C10H8FN2. The van der Waals surface area contributed by atoms with Crippen LogP contribution in [0.15, 0.2) is 30.5 Å². The minimum Gasteiger partial charge on any atom is -0.348 e. The molecule has 3 heteroatoms. The van der Waals surface area contributed by atoms with Gasteiger partial charge in [0, 0.05) is 12.6 Å². The second-order valence-electron chi connectivity index (χ2n) is 2.78. The lowest BCUT2D eigenvalue weighted by molar-refractivity contribution is 0.627. The number of imidazole rings is 1. The molecule has 2 aromatic rings. The highest BCUT2D eigenvalue weighted by Gasteiger charge is 1.97. The van der Waals surface area contributed by atoms with Gasteiger partial charge in [0.25, 0.3) is 0 Å². The van der Waals surface area contributed by atoms with Crippen molar-refractivity contribution in [3.63, 3.8) is 0 Å². The molecule has 2 rings (SSSR count). The minimum absolute atomic E-state index is 0.213. The van der Waals surface area contributed by atoms with E-state index in [1.807, 2.05) is 0 Å². The summed E-state index contributed by atoms with van der Waals surface area (Å²) in [7, 11) is 0. The van der Waals surface area contributed by atoms with Crippen LogP contribution in [0.25, 0.3) is 0 Å². The largest absolute Gasteiger partial charge is 0.348 e. The Labute approximate surface area is 75.4 Å². The maximum Gasteiger partial charge on any atom is 0.123 e. The first-order chi connectivity index (χ1) is 6.34. The minimum atomic E-state index is -0.213. The van der Waals surface area contributed by atoms with Gasteiger partial charge in [-0.05, 0) is 17.7 Å². The van der Waals surface area contributed by atoms with Crippen molar-refractivity contribution in [2.24, 2.45) is 0 Å². The molecule has 0 aliphatic heterocycles. The highest BCUT2D eigenvalue weighted by molar-refractivity contribution is 5.19. The summed E-state index contributed by atoms with van der Waals surface area (Å²) in [6.45, 7) is 0. The predicted octanol–water partition coefficient (Wildman–Crippen LogP) is 1.94. The summed E-state index contributed by atoms with van der Waals surface area (Å²) < 4.78 is 12.5. The van der Waals surface area contributed by atoms with Crippen molar-refractivity contribution in [3.05, 3.63) is 53.9 Å². The van der Waals surface area contributed by atoms with Crippen LogP contribution in [-0.2, 0) is 6.42 Å². The van der Waals surface area contributed by atoms with Crippen LogP contribution in [0.1, 0.15) is 11.4 Å². The van der Waals surface area contributed by atoms with Crippen LogP contribution in [0.5, 0.6) is 0 Å². The number of aromatic nitrogens is 2. The van der Waals surface area contributed by atoms with Crippen molar-refractivity contribution < 1.29 is 4.39 Å². The number of nitrogens with one attached hydrogen (secondary N) is 1. The van der Waals surface area contributed by atoms with Crippen LogP contribution in [0.2, 0.25) is 0 Å². The zero-order chi connectivity index (χ0) is 9.10. The fourth-order valence-corrected chi connectivity index (χ4v) is 1.14. The van der Waals surface area contributed by atoms with E-state index in [1.165, 1.54) is 12.1 Å². The monoisotopic (exact) mass is 175 g/mol. The lowest BCUT2D eigenvalue weighted by Gasteiger charge is -1.96. The molecule has 0 aliphatic carbocycles. The number of benzene rings is 1. The van der Waals surface area contributed by atoms with Gasteiger partial charge >= 0.3 is 0 Å². The molecule has 1 aromatic heterocycles. The molecule has 2 nitrogen and oxygen atoms in total. The molecule has 0 bridgehead atoms. The lowest BCUT2D eigenvalue weighted by atomic mass is 10.1. The first kappa shape index (κ1) is 7.98. The summed E-state index contributed by atoms with van der Waals surface area (Å²) in [5.74, 6) is 0.626. The van der Waals surface area contributed by atoms with Gasteiger partial charge in [-0.3, -0.25) is 0 Å². The molecule has 1 heterocycles. The predicted molar refractivity (Wildman–Crippen MR) is 46.6 cm³/mol. The molecule has 1 aromatic carbocycles. The smallest absolute Gasteiger partial charge is 0.123 e. The second kappa shape index (κ2) is 3.39. The van der Waals surface area contributed by atoms with E-state index in [9.17, 15) is 4.39 Å². The number of H-pyrrole nitrogens is 1. The first-order valence-corrected chi connectivity index (χ1v) is 3.99. The molecule has 0 aliphatic rings. The van der Waals surface area contributed by atoms with Gasteiger partial charge in [-0.15, -0.1) is 0 Å². The summed E-state index contributed by atoms with van der Waals surface area (Å²) in [5, 5.41) is 0. The third-order valence-corrected chi connectivity index (χ3v) is 1.79. The molecule has 65 valence electrons. The molecule has 1 radical (unpaired) electrons. The Hall–Kier alpha value is -1.64. The fourth-order valence-electron chi connectivity index (χ4n) is 1.14. The normalized spacial score (nSPS) is 10.2. The maximum atomic E-state index is 12.5. The summed E-state index contributed by atoms with van der Waals surface area (Å²) in [6, 6.07) is 6.39. The topological polar surface area (TPSA) is 28.7 Å². The van der Waals surface area contributed by atoms with Crippen molar-refractivity contribution in [1.29, 1.82) is 0 Å². The van der Waals surface area contributed by atoms with Crippen LogP contribution in [0.3, 0.4) is 0 Å². The zero-order valence-corrected chi connectivity index (χ0v) is 6.92. The Morgan fingerprint density at radius 1 is 1.31 bits per heavy atom. The van der Waals surface area contributed by atoms with E-state index in [0.717, 1.165) is 11.4 Å². The van der Waals surface area contributed by atoms with Gasteiger partial charge < -0.3 is 4.98 Å². The Kier molecular flexibility index (Phi) is 2.08. The maximum absolute atomic E-state index is 12.5. The van der Waals surface area contributed by atoms with Crippen molar-refractivity contribution in [2.45, 2.75) is 6.42 Å². The molecule has 0 saturated heterocycles. The highest BCUT2D eigenvalue weighted by Crippen LogP contribution is 2.06. The van der Waals surface area contributed by atoms with Crippen molar-refractivity contribution in [1.82, 2.24) is 9.97 Å². The molecule has 0 unspecified atom stereocenters. The van der Waals surface area contributed by atoms with Crippen LogP contribution < -0.4 is 0 Å². The fraction of sp³-hybridized carbons (Fsp3) is 0.100. The molecule has 1 N–H and O–H groups in total. The second-order valence-corrected chi connectivity index (χ2v) is 2.78. The van der Waals surface area contributed by atoms with Gasteiger partial charge in [-0.25, -0.2) is 9.37 Å². The Morgan fingerprint density at radius 2 is 2.08 bits per heavy atom.